The van der Waals surface area contributed by atoms with Crippen LogP contribution in [0.5, 0.6) is 0 Å². The van der Waals surface area contributed by atoms with Crippen molar-refractivity contribution in [1.29, 1.82) is 0 Å². The summed E-state index contributed by atoms with van der Waals surface area (Å²) in [5.41, 5.74) is 4.44. The van der Waals surface area contributed by atoms with Crippen molar-refractivity contribution in [2.75, 3.05) is 0 Å². The van der Waals surface area contributed by atoms with E-state index < -0.39 is 0 Å². The Hall–Kier alpha value is -3.51. The summed E-state index contributed by atoms with van der Waals surface area (Å²) in [5.74, 6) is 0.892. The Balaban J connectivity index is 1.60. The van der Waals surface area contributed by atoms with Crippen molar-refractivity contribution in [1.82, 2.24) is 24.8 Å². The molecule has 1 fully saturated rings. The first-order valence-corrected chi connectivity index (χ1v) is 10.7. The van der Waals surface area contributed by atoms with Gasteiger partial charge in [-0.05, 0) is 60.6 Å². The summed E-state index contributed by atoms with van der Waals surface area (Å²) in [6, 6.07) is 24.7. The average molecular weight is 426 g/mol. The van der Waals surface area contributed by atoms with E-state index in [4.69, 9.17) is 12.2 Å². The molecule has 0 radical (unpaired) electrons. The van der Waals surface area contributed by atoms with Crippen LogP contribution in [-0.4, -0.2) is 24.5 Å². The van der Waals surface area contributed by atoms with E-state index in [1.807, 2.05) is 37.5 Å². The van der Waals surface area contributed by atoms with Gasteiger partial charge in [0.15, 0.2) is 5.11 Å². The van der Waals surface area contributed by atoms with Gasteiger partial charge >= 0.3 is 0 Å². The van der Waals surface area contributed by atoms with Gasteiger partial charge in [-0.2, -0.15) is 0 Å². The van der Waals surface area contributed by atoms with Gasteiger partial charge in [-0.25, -0.2) is 4.98 Å². The lowest BCUT2D eigenvalue weighted by Gasteiger charge is -2.29. The highest BCUT2D eigenvalue weighted by molar-refractivity contribution is 7.80. The van der Waals surface area contributed by atoms with Crippen molar-refractivity contribution in [3.8, 4) is 5.82 Å². The zero-order valence-corrected chi connectivity index (χ0v) is 18.0. The fourth-order valence-electron chi connectivity index (χ4n) is 4.12. The maximum absolute atomic E-state index is 5.81. The van der Waals surface area contributed by atoms with E-state index in [1.165, 1.54) is 5.56 Å². The molecule has 0 amide bonds. The zero-order valence-electron chi connectivity index (χ0n) is 17.2. The van der Waals surface area contributed by atoms with Gasteiger partial charge in [-0.1, -0.05) is 42.5 Å². The topological polar surface area (TPSA) is 46.0 Å². The molecule has 154 valence electrons. The van der Waals surface area contributed by atoms with Crippen molar-refractivity contribution < 1.29 is 0 Å². The van der Waals surface area contributed by atoms with Gasteiger partial charge in [0.1, 0.15) is 5.82 Å². The van der Waals surface area contributed by atoms with E-state index in [1.54, 1.807) is 0 Å². The summed E-state index contributed by atoms with van der Waals surface area (Å²) in [7, 11) is 0. The van der Waals surface area contributed by atoms with Crippen LogP contribution in [0.15, 0.2) is 91.4 Å². The summed E-state index contributed by atoms with van der Waals surface area (Å²) in [5, 5.41) is 4.26. The maximum Gasteiger partial charge on any atom is 0.170 e. The number of nitrogens with zero attached hydrogens (tertiary/aromatic N) is 4. The van der Waals surface area contributed by atoms with Gasteiger partial charge in [-0.3, -0.25) is 4.98 Å². The minimum Gasteiger partial charge on any atom is -0.352 e. The predicted molar refractivity (Wildman–Crippen MR) is 126 cm³/mol. The third-order valence-corrected chi connectivity index (χ3v) is 5.97. The van der Waals surface area contributed by atoms with Crippen LogP contribution < -0.4 is 5.32 Å². The van der Waals surface area contributed by atoms with Crippen LogP contribution >= 0.6 is 12.2 Å². The molecule has 0 spiro atoms. The van der Waals surface area contributed by atoms with Crippen LogP contribution in [0.2, 0.25) is 0 Å². The number of thiocarbonyl (C=S) groups is 1. The molecule has 6 heteroatoms. The fraction of sp³-hybridized carbons (Fsp3) is 0.160. The molecule has 1 N–H and O–H groups in total. The first kappa shape index (κ1) is 19.5. The zero-order chi connectivity index (χ0) is 21.2. The molecule has 1 saturated heterocycles. The number of hydrogen-bond acceptors (Lipinski definition) is 3. The quantitative estimate of drug-likeness (QED) is 0.468. The average Bonchev–Trinajstić information content (AvgIpc) is 3.40. The van der Waals surface area contributed by atoms with Gasteiger partial charge in [0, 0.05) is 30.8 Å². The van der Waals surface area contributed by atoms with Gasteiger partial charge in [0.2, 0.25) is 0 Å². The van der Waals surface area contributed by atoms with Crippen molar-refractivity contribution in [2.45, 2.75) is 25.6 Å². The summed E-state index contributed by atoms with van der Waals surface area (Å²) in [6.07, 6.45) is 5.79. The van der Waals surface area contributed by atoms with E-state index in [0.717, 1.165) is 27.9 Å². The highest BCUT2D eigenvalue weighted by Gasteiger charge is 2.41. The van der Waals surface area contributed by atoms with E-state index in [9.17, 15) is 0 Å². The van der Waals surface area contributed by atoms with Crippen molar-refractivity contribution in [3.05, 3.63) is 114 Å². The molecular weight excluding hydrogens is 402 g/mol. The number of benzene rings is 1. The highest BCUT2D eigenvalue weighted by Crippen LogP contribution is 2.40. The molecule has 4 aromatic rings. The first-order valence-electron chi connectivity index (χ1n) is 10.3. The Bertz CT molecular complexity index is 1170. The number of pyridine rings is 2. The van der Waals surface area contributed by atoms with Crippen molar-refractivity contribution >= 4 is 17.3 Å². The molecule has 1 aromatic carbocycles. The molecule has 1 aliphatic heterocycles. The predicted octanol–water partition coefficient (Wildman–Crippen LogP) is 4.75. The van der Waals surface area contributed by atoms with Gasteiger partial charge < -0.3 is 14.8 Å². The lowest BCUT2D eigenvalue weighted by atomic mass is 10.0. The number of rotatable bonds is 5. The maximum atomic E-state index is 5.81. The second-order valence-corrected chi connectivity index (χ2v) is 8.12. The lowest BCUT2D eigenvalue weighted by Crippen LogP contribution is -2.30. The SMILES string of the molecule is Cc1ccc(-n2cccc2[C@@H]2[C@H](c3ccccn3)NC(=S)N2Cc2ccccc2)nc1. The third-order valence-electron chi connectivity index (χ3n) is 5.62. The molecule has 0 bridgehead atoms. The van der Waals surface area contributed by atoms with E-state index in [2.05, 4.69) is 85.5 Å². The largest absolute Gasteiger partial charge is 0.352 e. The standard InChI is InChI=1S/C25H23N5S/c1-18-12-13-22(27-16-18)29-15-7-11-21(29)24-23(20-10-5-6-14-26-20)28-25(31)30(24)17-19-8-3-2-4-9-19/h2-16,23-24H,17H2,1H3,(H,28,31)/t23-,24+/m0/s1. The molecule has 1 aliphatic rings. The Labute approximate surface area is 187 Å². The Morgan fingerprint density at radius 2 is 1.77 bits per heavy atom. The third kappa shape index (κ3) is 3.82. The Kier molecular flexibility index (Phi) is 5.22. The molecule has 0 unspecified atom stereocenters. The molecular formula is C25H23N5S. The second kappa shape index (κ2) is 8.32. The monoisotopic (exact) mass is 425 g/mol. The van der Waals surface area contributed by atoms with E-state index in [-0.39, 0.29) is 12.1 Å². The number of aromatic nitrogens is 3. The molecule has 5 nitrogen and oxygen atoms in total. The van der Waals surface area contributed by atoms with E-state index in [0.29, 0.717) is 6.54 Å². The van der Waals surface area contributed by atoms with Crippen LogP contribution in [0, 0.1) is 6.92 Å². The van der Waals surface area contributed by atoms with E-state index >= 15 is 0 Å². The summed E-state index contributed by atoms with van der Waals surface area (Å²) >= 11 is 5.81. The molecule has 2 atom stereocenters. The van der Waals surface area contributed by atoms with Gasteiger partial charge in [0.05, 0.1) is 17.8 Å². The molecule has 31 heavy (non-hydrogen) atoms. The van der Waals surface area contributed by atoms with Crippen LogP contribution in [0.4, 0.5) is 0 Å². The smallest absolute Gasteiger partial charge is 0.170 e. The van der Waals surface area contributed by atoms with Gasteiger partial charge in [0.25, 0.3) is 0 Å². The fourth-order valence-corrected chi connectivity index (χ4v) is 4.43. The highest BCUT2D eigenvalue weighted by atomic mass is 32.1. The van der Waals surface area contributed by atoms with Crippen LogP contribution in [0.1, 0.15) is 34.6 Å². The van der Waals surface area contributed by atoms with Crippen LogP contribution in [0.25, 0.3) is 5.82 Å². The van der Waals surface area contributed by atoms with Crippen molar-refractivity contribution in [2.24, 2.45) is 0 Å². The molecule has 3 aromatic heterocycles. The first-order chi connectivity index (χ1) is 15.2. The Morgan fingerprint density at radius 3 is 2.52 bits per heavy atom. The van der Waals surface area contributed by atoms with Crippen LogP contribution in [-0.2, 0) is 6.54 Å². The minimum absolute atomic E-state index is 0.0271. The van der Waals surface area contributed by atoms with Crippen molar-refractivity contribution in [3.63, 3.8) is 0 Å². The summed E-state index contributed by atoms with van der Waals surface area (Å²) in [4.78, 5) is 11.5. The summed E-state index contributed by atoms with van der Waals surface area (Å²) < 4.78 is 2.15. The second-order valence-electron chi connectivity index (χ2n) is 7.74. The molecule has 0 aliphatic carbocycles. The minimum atomic E-state index is -0.0588. The normalized spacial score (nSPS) is 18.2. The van der Waals surface area contributed by atoms with Crippen LogP contribution in [0.3, 0.4) is 0 Å². The number of aryl methyl sites for hydroxylation is 1. The van der Waals surface area contributed by atoms with Gasteiger partial charge in [-0.15, -0.1) is 0 Å². The molecule has 4 heterocycles. The number of hydrogen-bond donors (Lipinski definition) is 1. The molecule has 5 rings (SSSR count). The lowest BCUT2D eigenvalue weighted by molar-refractivity contribution is 0.302. The Morgan fingerprint density at radius 1 is 0.935 bits per heavy atom. The number of nitrogens with one attached hydrogen (secondary N) is 1. The molecule has 0 saturated carbocycles. The summed E-state index contributed by atoms with van der Waals surface area (Å²) in [6.45, 7) is 2.76.